The molecule has 2 aromatic carbocycles. The Morgan fingerprint density at radius 3 is 2.36 bits per heavy atom. The molecule has 1 fully saturated rings. The van der Waals surface area contributed by atoms with Gasteiger partial charge in [-0.15, -0.1) is 0 Å². The van der Waals surface area contributed by atoms with Gasteiger partial charge in [0, 0.05) is 18.7 Å². The zero-order valence-corrected chi connectivity index (χ0v) is 21.9. The lowest BCUT2D eigenvalue weighted by molar-refractivity contribution is -0.140. The summed E-state index contributed by atoms with van der Waals surface area (Å²) in [4.78, 5) is 29.8. The van der Waals surface area contributed by atoms with E-state index in [1.54, 1.807) is 49.6 Å². The fraction of sp³-hybridized carbons (Fsp3) is 0.429. The van der Waals surface area contributed by atoms with Gasteiger partial charge in [-0.2, -0.15) is 0 Å². The van der Waals surface area contributed by atoms with Crippen molar-refractivity contribution in [3.8, 4) is 17.2 Å². The first-order valence-corrected chi connectivity index (χ1v) is 12.2. The minimum Gasteiger partial charge on any atom is -0.507 e. The van der Waals surface area contributed by atoms with E-state index in [1.165, 1.54) is 4.90 Å². The molecule has 1 amide bonds. The van der Waals surface area contributed by atoms with E-state index >= 15 is 0 Å². The van der Waals surface area contributed by atoms with Gasteiger partial charge in [0.15, 0.2) is 11.5 Å². The molecule has 0 aromatic heterocycles. The summed E-state index contributed by atoms with van der Waals surface area (Å²) in [6, 6.07) is 11.4. The maximum absolute atomic E-state index is 13.2. The highest BCUT2D eigenvalue weighted by molar-refractivity contribution is 6.46. The Morgan fingerprint density at radius 2 is 1.78 bits per heavy atom. The molecule has 36 heavy (non-hydrogen) atoms. The quantitative estimate of drug-likeness (QED) is 0.283. The van der Waals surface area contributed by atoms with Crippen molar-refractivity contribution in [1.29, 1.82) is 0 Å². The molecule has 0 spiro atoms. The van der Waals surface area contributed by atoms with E-state index in [0.717, 1.165) is 6.42 Å². The van der Waals surface area contributed by atoms with Crippen LogP contribution in [0.25, 0.3) is 5.76 Å². The Kier molecular flexibility index (Phi) is 8.98. The summed E-state index contributed by atoms with van der Waals surface area (Å²) in [6.07, 6.45) is 0.849. The van der Waals surface area contributed by atoms with Crippen molar-refractivity contribution >= 4 is 17.4 Å². The summed E-state index contributed by atoms with van der Waals surface area (Å²) in [6.45, 7) is 7.27. The van der Waals surface area contributed by atoms with E-state index in [-0.39, 0.29) is 17.4 Å². The minimum absolute atomic E-state index is 0.00530. The zero-order chi connectivity index (χ0) is 26.4. The normalized spacial score (nSPS) is 17.2. The van der Waals surface area contributed by atoms with Gasteiger partial charge in [0.25, 0.3) is 11.7 Å². The van der Waals surface area contributed by atoms with Crippen molar-refractivity contribution in [2.75, 3.05) is 40.9 Å². The summed E-state index contributed by atoms with van der Waals surface area (Å²) in [5.41, 5.74) is 1.12. The number of carbonyl (C=O) groups excluding carboxylic acids is 2. The van der Waals surface area contributed by atoms with Crippen molar-refractivity contribution in [1.82, 2.24) is 9.80 Å². The van der Waals surface area contributed by atoms with Crippen molar-refractivity contribution in [3.05, 3.63) is 59.2 Å². The molecule has 3 rings (SSSR count). The molecule has 8 heteroatoms. The third kappa shape index (κ3) is 5.99. The highest BCUT2D eigenvalue weighted by atomic mass is 16.5. The standard InChI is InChI=1S/C28H36N2O6/c1-7-16-35-22-13-10-20(17-23(22)34-6)25-24(27(32)28(33)30(25)15-14-29(4)5)26(31)19-8-11-21(12-9-19)36-18(2)3/h8-13,17-18,25,31H,7,14-16H2,1-6H3/t25-/m1/s1. The molecular formula is C28H36N2O6. The number of hydrogen-bond donors (Lipinski definition) is 1. The van der Waals surface area contributed by atoms with Crippen molar-refractivity contribution in [2.24, 2.45) is 0 Å². The minimum atomic E-state index is -0.773. The Balaban J connectivity index is 2.10. The predicted molar refractivity (Wildman–Crippen MR) is 139 cm³/mol. The average Bonchev–Trinajstić information content (AvgIpc) is 3.10. The van der Waals surface area contributed by atoms with Crippen LogP contribution in [0.3, 0.4) is 0 Å². The molecule has 8 nitrogen and oxygen atoms in total. The predicted octanol–water partition coefficient (Wildman–Crippen LogP) is 4.25. The van der Waals surface area contributed by atoms with E-state index in [2.05, 4.69) is 0 Å². The first-order chi connectivity index (χ1) is 17.2. The third-order valence-electron chi connectivity index (χ3n) is 5.79. The van der Waals surface area contributed by atoms with Gasteiger partial charge in [0.2, 0.25) is 0 Å². The van der Waals surface area contributed by atoms with E-state index in [4.69, 9.17) is 14.2 Å². The molecular weight excluding hydrogens is 460 g/mol. The van der Waals surface area contributed by atoms with Crippen LogP contribution in [0, 0.1) is 0 Å². The van der Waals surface area contributed by atoms with Gasteiger partial charge >= 0.3 is 0 Å². The second-order valence-electron chi connectivity index (χ2n) is 9.25. The summed E-state index contributed by atoms with van der Waals surface area (Å²) in [7, 11) is 5.34. The van der Waals surface area contributed by atoms with Crippen LogP contribution in [0.5, 0.6) is 17.2 Å². The second-order valence-corrected chi connectivity index (χ2v) is 9.25. The van der Waals surface area contributed by atoms with Gasteiger partial charge < -0.3 is 29.1 Å². The van der Waals surface area contributed by atoms with Gasteiger partial charge in [-0.3, -0.25) is 9.59 Å². The molecule has 194 valence electrons. The maximum atomic E-state index is 13.2. The molecule has 0 radical (unpaired) electrons. The van der Waals surface area contributed by atoms with Gasteiger partial charge in [-0.25, -0.2) is 0 Å². The van der Waals surface area contributed by atoms with Crippen LogP contribution in [-0.2, 0) is 9.59 Å². The molecule has 1 N–H and O–H groups in total. The van der Waals surface area contributed by atoms with Crippen LogP contribution in [0.15, 0.2) is 48.0 Å². The van der Waals surface area contributed by atoms with Gasteiger partial charge in [0.1, 0.15) is 11.5 Å². The molecule has 2 aromatic rings. The van der Waals surface area contributed by atoms with E-state index in [0.29, 0.717) is 48.1 Å². The number of rotatable bonds is 11. The molecule has 1 aliphatic heterocycles. The Bertz CT molecular complexity index is 1110. The number of benzene rings is 2. The number of nitrogens with zero attached hydrogens (tertiary/aromatic N) is 2. The Hall–Kier alpha value is -3.52. The van der Waals surface area contributed by atoms with Gasteiger partial charge in [-0.1, -0.05) is 13.0 Å². The SMILES string of the molecule is CCCOc1ccc([C@@H]2C(=C(O)c3ccc(OC(C)C)cc3)C(=O)C(=O)N2CCN(C)C)cc1OC. The van der Waals surface area contributed by atoms with Gasteiger partial charge in [0.05, 0.1) is 31.4 Å². The molecule has 0 aliphatic carbocycles. The average molecular weight is 497 g/mol. The highest BCUT2D eigenvalue weighted by Gasteiger charge is 2.46. The second kappa shape index (κ2) is 11.9. The molecule has 0 bridgehead atoms. The number of ether oxygens (including phenoxy) is 3. The number of Topliss-reactive ketones (excluding diaryl/α,β-unsaturated/α-hetero) is 1. The van der Waals surface area contributed by atoms with Crippen LogP contribution < -0.4 is 14.2 Å². The summed E-state index contributed by atoms with van der Waals surface area (Å²) in [5.74, 6) is 0.130. The molecule has 0 saturated carbocycles. The first-order valence-electron chi connectivity index (χ1n) is 12.2. The first kappa shape index (κ1) is 27.1. The van der Waals surface area contributed by atoms with Gasteiger partial charge in [-0.05, 0) is 76.3 Å². The van der Waals surface area contributed by atoms with Crippen molar-refractivity contribution < 1.29 is 28.9 Å². The lowest BCUT2D eigenvalue weighted by Gasteiger charge is -2.27. The number of carbonyl (C=O) groups is 2. The largest absolute Gasteiger partial charge is 0.507 e. The van der Waals surface area contributed by atoms with E-state index in [1.807, 2.05) is 39.8 Å². The number of hydrogen-bond acceptors (Lipinski definition) is 7. The number of likely N-dealkylation sites (tertiary alicyclic amines) is 1. The Labute approximate surface area is 213 Å². The molecule has 1 heterocycles. The fourth-order valence-corrected chi connectivity index (χ4v) is 4.07. The lowest BCUT2D eigenvalue weighted by atomic mass is 9.95. The van der Waals surface area contributed by atoms with Crippen LogP contribution >= 0.6 is 0 Å². The smallest absolute Gasteiger partial charge is 0.295 e. The maximum Gasteiger partial charge on any atom is 0.295 e. The van der Waals surface area contributed by atoms with Crippen LogP contribution in [0.4, 0.5) is 0 Å². The molecule has 1 aliphatic rings. The number of aliphatic hydroxyl groups excluding tert-OH is 1. The number of ketones is 1. The summed E-state index contributed by atoms with van der Waals surface area (Å²) in [5, 5.41) is 11.3. The number of likely N-dealkylation sites (N-methyl/N-ethyl adjacent to an activating group) is 1. The number of amides is 1. The summed E-state index contributed by atoms with van der Waals surface area (Å²) >= 11 is 0. The molecule has 1 atom stereocenters. The van der Waals surface area contributed by atoms with Crippen molar-refractivity contribution in [3.63, 3.8) is 0 Å². The number of aliphatic hydroxyl groups is 1. The molecule has 0 unspecified atom stereocenters. The molecule has 1 saturated heterocycles. The monoisotopic (exact) mass is 496 g/mol. The van der Waals surface area contributed by atoms with Crippen molar-refractivity contribution in [2.45, 2.75) is 39.3 Å². The summed E-state index contributed by atoms with van der Waals surface area (Å²) < 4.78 is 17.0. The van der Waals surface area contributed by atoms with E-state index in [9.17, 15) is 14.7 Å². The highest BCUT2D eigenvalue weighted by Crippen LogP contribution is 2.42. The fourth-order valence-electron chi connectivity index (χ4n) is 4.07. The third-order valence-corrected chi connectivity index (χ3v) is 5.79. The zero-order valence-electron chi connectivity index (χ0n) is 21.9. The van der Waals surface area contributed by atoms with Crippen LogP contribution in [-0.4, -0.2) is 73.6 Å². The van der Waals surface area contributed by atoms with Crippen LogP contribution in [0.2, 0.25) is 0 Å². The lowest BCUT2D eigenvalue weighted by Crippen LogP contribution is -2.35. The van der Waals surface area contributed by atoms with Crippen LogP contribution in [0.1, 0.15) is 44.4 Å². The van der Waals surface area contributed by atoms with E-state index < -0.39 is 17.7 Å². The number of methoxy groups -OCH3 is 1. The Morgan fingerprint density at radius 1 is 1.08 bits per heavy atom. The topological polar surface area (TPSA) is 88.5 Å².